The number of primary sulfonamides is 1. The van der Waals surface area contributed by atoms with Gasteiger partial charge in [-0.05, 0) is 24.3 Å². The zero-order chi connectivity index (χ0) is 18.2. The molecule has 1 aromatic rings. The van der Waals surface area contributed by atoms with Gasteiger partial charge in [0.05, 0.1) is 30.3 Å². The number of thioether (sulfide) groups is 1. The van der Waals surface area contributed by atoms with Gasteiger partial charge in [0.25, 0.3) is 5.92 Å². The van der Waals surface area contributed by atoms with Crippen molar-refractivity contribution in [2.45, 2.75) is 10.8 Å². The maximum atomic E-state index is 12.8. The van der Waals surface area contributed by atoms with E-state index in [0.717, 1.165) is 0 Å². The lowest BCUT2D eigenvalue weighted by atomic mass is 10.3. The maximum Gasteiger partial charge on any atom is 0.277 e. The minimum absolute atomic E-state index is 0. The highest BCUT2D eigenvalue weighted by molar-refractivity contribution is 7.99. The number of rotatable bonds is 10. The summed E-state index contributed by atoms with van der Waals surface area (Å²) in [5.74, 6) is -2.68. The molecule has 0 aliphatic rings. The predicted octanol–water partition coefficient (Wildman–Crippen LogP) is 0.578. The predicted molar refractivity (Wildman–Crippen MR) is 94.9 cm³/mol. The summed E-state index contributed by atoms with van der Waals surface area (Å²) >= 11 is 1.22. The van der Waals surface area contributed by atoms with E-state index in [2.05, 4.69) is 5.32 Å². The number of nitrogens with one attached hydrogen (secondary N) is 1. The van der Waals surface area contributed by atoms with E-state index in [-0.39, 0.29) is 29.7 Å². The second-order valence-corrected chi connectivity index (χ2v) is 7.42. The molecule has 0 heterocycles. The molecule has 0 saturated heterocycles. The molecule has 0 atom stereocenters. The van der Waals surface area contributed by atoms with E-state index < -0.39 is 34.9 Å². The molecule has 7 nitrogen and oxygen atoms in total. The largest absolute Gasteiger partial charge is 0.493 e. The van der Waals surface area contributed by atoms with Crippen LogP contribution >= 0.6 is 24.2 Å². The van der Waals surface area contributed by atoms with E-state index in [1.54, 1.807) is 0 Å². The Morgan fingerprint density at radius 1 is 1.28 bits per heavy atom. The van der Waals surface area contributed by atoms with E-state index in [4.69, 9.17) is 15.6 Å². The number of sulfonamides is 1. The molecule has 0 bridgehead atoms. The van der Waals surface area contributed by atoms with Gasteiger partial charge in [0.15, 0.2) is 0 Å². The number of nitrogens with two attached hydrogens (primary N) is 2. The van der Waals surface area contributed by atoms with Gasteiger partial charge in [-0.25, -0.2) is 22.3 Å². The van der Waals surface area contributed by atoms with Gasteiger partial charge in [-0.1, -0.05) is 0 Å². The van der Waals surface area contributed by atoms with Crippen LogP contribution in [0.4, 0.5) is 8.78 Å². The Hall–Kier alpha value is -1.14. The third kappa shape index (κ3) is 9.80. The minimum Gasteiger partial charge on any atom is -0.493 e. The number of hydrogen-bond acceptors (Lipinski definition) is 6. The zero-order valence-corrected chi connectivity index (χ0v) is 15.6. The van der Waals surface area contributed by atoms with E-state index in [9.17, 15) is 22.0 Å². The molecule has 1 rings (SSSR count). The third-order valence-electron chi connectivity index (χ3n) is 2.72. The van der Waals surface area contributed by atoms with Gasteiger partial charge >= 0.3 is 0 Å². The topological polar surface area (TPSA) is 125 Å². The van der Waals surface area contributed by atoms with Crippen LogP contribution in [0.2, 0.25) is 0 Å². The normalized spacial score (nSPS) is 11.5. The van der Waals surface area contributed by atoms with Gasteiger partial charge in [0.2, 0.25) is 15.9 Å². The number of ether oxygens (including phenoxy) is 1. The SMILES string of the molecule is Cl.NCC(F)(F)CNC(=O)CSCCOc1ccc(S(N)(=O)=O)cc1. The summed E-state index contributed by atoms with van der Waals surface area (Å²) in [6.07, 6.45) is 0. The molecule has 1 aromatic carbocycles. The van der Waals surface area contributed by atoms with Crippen LogP contribution in [0.5, 0.6) is 5.75 Å². The Labute approximate surface area is 155 Å². The molecule has 144 valence electrons. The first kappa shape index (κ1) is 23.9. The molecular formula is C13H20ClF2N3O4S2. The quantitative estimate of drug-likeness (QED) is 0.476. The van der Waals surface area contributed by atoms with E-state index >= 15 is 0 Å². The summed E-state index contributed by atoms with van der Waals surface area (Å²) in [7, 11) is -3.74. The van der Waals surface area contributed by atoms with Gasteiger partial charge in [-0.15, -0.1) is 24.2 Å². The zero-order valence-electron chi connectivity index (χ0n) is 13.1. The maximum absolute atomic E-state index is 12.8. The average Bonchev–Trinajstić information content (AvgIpc) is 2.52. The molecule has 0 saturated carbocycles. The van der Waals surface area contributed by atoms with E-state index in [1.165, 1.54) is 36.0 Å². The minimum atomic E-state index is -3.74. The van der Waals surface area contributed by atoms with Crippen molar-refractivity contribution in [3.05, 3.63) is 24.3 Å². The average molecular weight is 420 g/mol. The molecule has 0 radical (unpaired) electrons. The smallest absolute Gasteiger partial charge is 0.277 e. The number of halogens is 3. The lowest BCUT2D eigenvalue weighted by molar-refractivity contribution is -0.120. The van der Waals surface area contributed by atoms with Crippen LogP contribution < -0.4 is 20.9 Å². The molecule has 12 heteroatoms. The molecule has 0 aromatic heterocycles. The number of hydrogen-bond donors (Lipinski definition) is 3. The number of benzene rings is 1. The third-order valence-corrected chi connectivity index (χ3v) is 4.58. The standard InChI is InChI=1S/C13H19F2N3O4S2.ClH/c14-13(15,8-16)9-18-12(19)7-23-6-5-22-10-1-3-11(4-2-10)24(17,20)21;/h1-4H,5-9,16H2,(H,18,19)(H2,17,20,21);1H. The van der Waals surface area contributed by atoms with Crippen LogP contribution in [0, 0.1) is 0 Å². The highest BCUT2D eigenvalue weighted by Gasteiger charge is 2.26. The summed E-state index contributed by atoms with van der Waals surface area (Å²) in [4.78, 5) is 11.3. The van der Waals surface area contributed by atoms with Gasteiger partial charge in [-0.3, -0.25) is 4.79 Å². The van der Waals surface area contributed by atoms with Crippen molar-refractivity contribution in [3.8, 4) is 5.75 Å². The molecule has 0 aliphatic carbocycles. The van der Waals surface area contributed by atoms with Crippen LogP contribution in [-0.4, -0.2) is 51.4 Å². The Kier molecular flexibility index (Phi) is 10.3. The molecular weight excluding hydrogens is 400 g/mol. The second-order valence-electron chi connectivity index (χ2n) is 4.75. The van der Waals surface area contributed by atoms with Crippen LogP contribution in [0.15, 0.2) is 29.2 Å². The van der Waals surface area contributed by atoms with Crippen LogP contribution in [-0.2, 0) is 14.8 Å². The number of carbonyl (C=O) groups is 1. The monoisotopic (exact) mass is 419 g/mol. The fraction of sp³-hybridized carbons (Fsp3) is 0.462. The Morgan fingerprint density at radius 2 is 1.88 bits per heavy atom. The first-order valence-corrected chi connectivity index (χ1v) is 9.52. The lowest BCUT2D eigenvalue weighted by Crippen LogP contribution is -2.42. The summed E-state index contributed by atoms with van der Waals surface area (Å²) in [6.45, 7) is -1.33. The summed E-state index contributed by atoms with van der Waals surface area (Å²) in [5.41, 5.74) is 4.86. The van der Waals surface area contributed by atoms with Crippen LogP contribution in [0.25, 0.3) is 0 Å². The van der Waals surface area contributed by atoms with Gasteiger partial charge in [0, 0.05) is 5.75 Å². The number of carbonyl (C=O) groups excluding carboxylic acids is 1. The Morgan fingerprint density at radius 3 is 2.40 bits per heavy atom. The molecule has 25 heavy (non-hydrogen) atoms. The molecule has 1 amide bonds. The highest BCUT2D eigenvalue weighted by Crippen LogP contribution is 2.15. The molecule has 5 N–H and O–H groups in total. The van der Waals surface area contributed by atoms with Crippen molar-refractivity contribution >= 4 is 40.1 Å². The van der Waals surface area contributed by atoms with Crippen molar-refractivity contribution in [1.29, 1.82) is 0 Å². The molecule has 0 fully saturated rings. The fourth-order valence-electron chi connectivity index (χ4n) is 1.46. The van der Waals surface area contributed by atoms with Crippen molar-refractivity contribution in [2.24, 2.45) is 10.9 Å². The van der Waals surface area contributed by atoms with Crippen LogP contribution in [0.3, 0.4) is 0 Å². The first-order chi connectivity index (χ1) is 11.1. The molecule has 0 spiro atoms. The number of amides is 1. The highest BCUT2D eigenvalue weighted by atomic mass is 35.5. The van der Waals surface area contributed by atoms with Crippen molar-refractivity contribution in [2.75, 3.05) is 31.2 Å². The van der Waals surface area contributed by atoms with Crippen molar-refractivity contribution < 1.29 is 26.7 Å². The van der Waals surface area contributed by atoms with Crippen LogP contribution in [0.1, 0.15) is 0 Å². The molecule has 0 unspecified atom stereocenters. The number of alkyl halides is 2. The summed E-state index contributed by atoms with van der Waals surface area (Å²) in [6, 6.07) is 5.57. The van der Waals surface area contributed by atoms with E-state index in [0.29, 0.717) is 11.5 Å². The molecule has 0 aliphatic heterocycles. The van der Waals surface area contributed by atoms with Gasteiger partial charge < -0.3 is 15.8 Å². The summed E-state index contributed by atoms with van der Waals surface area (Å²) in [5, 5.41) is 7.08. The summed E-state index contributed by atoms with van der Waals surface area (Å²) < 4.78 is 53.2. The van der Waals surface area contributed by atoms with Crippen molar-refractivity contribution in [3.63, 3.8) is 0 Å². The Balaban J connectivity index is 0.00000576. The Bertz CT molecular complexity index is 645. The van der Waals surface area contributed by atoms with Gasteiger partial charge in [-0.2, -0.15) is 0 Å². The van der Waals surface area contributed by atoms with Crippen molar-refractivity contribution in [1.82, 2.24) is 5.32 Å². The fourth-order valence-corrected chi connectivity index (χ4v) is 2.61. The van der Waals surface area contributed by atoms with Gasteiger partial charge in [0.1, 0.15) is 5.75 Å². The first-order valence-electron chi connectivity index (χ1n) is 6.82. The van der Waals surface area contributed by atoms with E-state index in [1.807, 2.05) is 0 Å². The lowest BCUT2D eigenvalue weighted by Gasteiger charge is -2.14. The second kappa shape index (κ2) is 10.8.